The lowest BCUT2D eigenvalue weighted by Gasteiger charge is -2.33. The predicted octanol–water partition coefficient (Wildman–Crippen LogP) is 0.215. The molecule has 1 atom stereocenters. The first kappa shape index (κ1) is 11.5. The SMILES string of the molecule is O=C(O)C1CNCC(=O)N1c1ccc(F)cc1. The molecule has 1 aliphatic heterocycles. The summed E-state index contributed by atoms with van der Waals surface area (Å²) in [6, 6.07) is 4.23. The monoisotopic (exact) mass is 238 g/mol. The fourth-order valence-electron chi connectivity index (χ4n) is 1.79. The summed E-state index contributed by atoms with van der Waals surface area (Å²) in [4.78, 5) is 23.9. The van der Waals surface area contributed by atoms with Gasteiger partial charge in [-0.3, -0.25) is 9.69 Å². The van der Waals surface area contributed by atoms with Crippen molar-refractivity contribution in [3.63, 3.8) is 0 Å². The molecule has 1 heterocycles. The smallest absolute Gasteiger partial charge is 0.328 e. The number of carbonyl (C=O) groups is 2. The van der Waals surface area contributed by atoms with Crippen LogP contribution >= 0.6 is 0 Å². The number of nitrogens with zero attached hydrogens (tertiary/aromatic N) is 1. The van der Waals surface area contributed by atoms with Gasteiger partial charge in [0, 0.05) is 12.2 Å². The lowest BCUT2D eigenvalue weighted by molar-refractivity contribution is -0.140. The summed E-state index contributed by atoms with van der Waals surface area (Å²) in [7, 11) is 0. The molecule has 90 valence electrons. The summed E-state index contributed by atoms with van der Waals surface area (Å²) in [6.07, 6.45) is 0. The Balaban J connectivity index is 2.34. The maximum atomic E-state index is 12.8. The summed E-state index contributed by atoms with van der Waals surface area (Å²) in [5.74, 6) is -1.85. The number of amides is 1. The molecule has 1 saturated heterocycles. The van der Waals surface area contributed by atoms with E-state index in [4.69, 9.17) is 5.11 Å². The van der Waals surface area contributed by atoms with Gasteiger partial charge in [-0.05, 0) is 24.3 Å². The van der Waals surface area contributed by atoms with Crippen LogP contribution in [0.15, 0.2) is 24.3 Å². The van der Waals surface area contributed by atoms with E-state index >= 15 is 0 Å². The molecule has 0 bridgehead atoms. The standard InChI is InChI=1S/C11H11FN2O3/c12-7-1-3-8(4-2-7)14-9(11(16)17)5-13-6-10(14)15/h1-4,9,13H,5-6H2,(H,16,17). The highest BCUT2D eigenvalue weighted by Crippen LogP contribution is 2.19. The van der Waals surface area contributed by atoms with Crippen LogP contribution < -0.4 is 10.2 Å². The average Bonchev–Trinajstić information content (AvgIpc) is 2.30. The van der Waals surface area contributed by atoms with Crippen LogP contribution in [0.4, 0.5) is 10.1 Å². The zero-order valence-corrected chi connectivity index (χ0v) is 8.89. The van der Waals surface area contributed by atoms with Crippen LogP contribution in [0.3, 0.4) is 0 Å². The summed E-state index contributed by atoms with van der Waals surface area (Å²) in [6.45, 7) is 0.263. The van der Waals surface area contributed by atoms with Crippen molar-refractivity contribution in [3.8, 4) is 0 Å². The minimum Gasteiger partial charge on any atom is -0.480 e. The molecule has 2 N–H and O–H groups in total. The van der Waals surface area contributed by atoms with Gasteiger partial charge in [-0.25, -0.2) is 9.18 Å². The Labute approximate surface area is 96.8 Å². The van der Waals surface area contributed by atoms with E-state index in [-0.39, 0.29) is 19.0 Å². The number of piperazine rings is 1. The van der Waals surface area contributed by atoms with E-state index in [1.807, 2.05) is 0 Å². The Hall–Kier alpha value is -1.95. The van der Waals surface area contributed by atoms with E-state index in [9.17, 15) is 14.0 Å². The first-order chi connectivity index (χ1) is 8.09. The molecule has 0 aromatic heterocycles. The van der Waals surface area contributed by atoms with Crippen LogP contribution in [0.25, 0.3) is 0 Å². The Bertz CT molecular complexity index is 447. The number of anilines is 1. The molecule has 1 unspecified atom stereocenters. The van der Waals surface area contributed by atoms with E-state index < -0.39 is 17.8 Å². The van der Waals surface area contributed by atoms with Crippen molar-refractivity contribution in [1.29, 1.82) is 0 Å². The maximum absolute atomic E-state index is 12.8. The maximum Gasteiger partial charge on any atom is 0.328 e. The van der Waals surface area contributed by atoms with Crippen LogP contribution in [-0.2, 0) is 9.59 Å². The van der Waals surface area contributed by atoms with Crippen LogP contribution in [-0.4, -0.2) is 36.1 Å². The van der Waals surface area contributed by atoms with Crippen LogP contribution in [0.5, 0.6) is 0 Å². The van der Waals surface area contributed by atoms with Crippen molar-refractivity contribution in [2.45, 2.75) is 6.04 Å². The lowest BCUT2D eigenvalue weighted by Crippen LogP contribution is -2.58. The molecule has 1 fully saturated rings. The fraction of sp³-hybridized carbons (Fsp3) is 0.273. The number of rotatable bonds is 2. The first-order valence-electron chi connectivity index (χ1n) is 5.11. The van der Waals surface area contributed by atoms with Gasteiger partial charge in [0.05, 0.1) is 6.54 Å². The number of carbonyl (C=O) groups excluding carboxylic acids is 1. The van der Waals surface area contributed by atoms with Crippen molar-refractivity contribution in [1.82, 2.24) is 5.32 Å². The van der Waals surface area contributed by atoms with Gasteiger partial charge >= 0.3 is 5.97 Å². The first-order valence-corrected chi connectivity index (χ1v) is 5.11. The third-order valence-electron chi connectivity index (χ3n) is 2.58. The van der Waals surface area contributed by atoms with Gasteiger partial charge in [0.2, 0.25) is 5.91 Å². The van der Waals surface area contributed by atoms with Gasteiger partial charge in [-0.15, -0.1) is 0 Å². The third-order valence-corrected chi connectivity index (χ3v) is 2.58. The van der Waals surface area contributed by atoms with Crippen LogP contribution in [0.2, 0.25) is 0 Å². The molecule has 1 aromatic rings. The van der Waals surface area contributed by atoms with Crippen LogP contribution in [0, 0.1) is 5.82 Å². The largest absolute Gasteiger partial charge is 0.480 e. The quantitative estimate of drug-likeness (QED) is 0.773. The highest BCUT2D eigenvalue weighted by atomic mass is 19.1. The van der Waals surface area contributed by atoms with Crippen molar-refractivity contribution in [3.05, 3.63) is 30.1 Å². The van der Waals surface area contributed by atoms with Gasteiger partial charge in [-0.2, -0.15) is 0 Å². The molecule has 0 spiro atoms. The van der Waals surface area contributed by atoms with Gasteiger partial charge in [0.15, 0.2) is 0 Å². The zero-order chi connectivity index (χ0) is 12.4. The second-order valence-corrected chi connectivity index (χ2v) is 3.73. The van der Waals surface area contributed by atoms with Gasteiger partial charge in [0.1, 0.15) is 11.9 Å². The Morgan fingerprint density at radius 3 is 2.65 bits per heavy atom. The highest BCUT2D eigenvalue weighted by molar-refractivity contribution is 6.01. The van der Waals surface area contributed by atoms with Gasteiger partial charge in [-0.1, -0.05) is 0 Å². The van der Waals surface area contributed by atoms with Crippen molar-refractivity contribution in [2.24, 2.45) is 0 Å². The second kappa shape index (κ2) is 4.50. The van der Waals surface area contributed by atoms with E-state index in [2.05, 4.69) is 5.32 Å². The minimum absolute atomic E-state index is 0.0845. The summed E-state index contributed by atoms with van der Waals surface area (Å²) in [5.41, 5.74) is 0.394. The molecule has 2 rings (SSSR count). The summed E-state index contributed by atoms with van der Waals surface area (Å²) >= 11 is 0. The lowest BCUT2D eigenvalue weighted by atomic mass is 10.1. The van der Waals surface area contributed by atoms with Gasteiger partial charge < -0.3 is 10.4 Å². The molecule has 17 heavy (non-hydrogen) atoms. The topological polar surface area (TPSA) is 69.6 Å². The zero-order valence-electron chi connectivity index (χ0n) is 8.89. The van der Waals surface area contributed by atoms with E-state index in [1.54, 1.807) is 0 Å². The fourth-order valence-corrected chi connectivity index (χ4v) is 1.79. The molecule has 0 aliphatic carbocycles. The summed E-state index contributed by atoms with van der Waals surface area (Å²) < 4.78 is 12.8. The summed E-state index contributed by atoms with van der Waals surface area (Å²) in [5, 5.41) is 11.8. The third kappa shape index (κ3) is 2.26. The second-order valence-electron chi connectivity index (χ2n) is 3.73. The molecule has 5 nitrogen and oxygen atoms in total. The molecule has 1 aliphatic rings. The number of halogens is 1. The van der Waals surface area contributed by atoms with Crippen LogP contribution in [0.1, 0.15) is 0 Å². The van der Waals surface area contributed by atoms with Crippen molar-refractivity contribution >= 4 is 17.6 Å². The Kier molecular flexibility index (Phi) is 3.06. The number of benzene rings is 1. The Morgan fingerprint density at radius 2 is 2.06 bits per heavy atom. The average molecular weight is 238 g/mol. The number of nitrogens with one attached hydrogen (secondary N) is 1. The van der Waals surface area contributed by atoms with E-state index in [0.29, 0.717) is 5.69 Å². The normalized spacial score (nSPS) is 20.4. The highest BCUT2D eigenvalue weighted by Gasteiger charge is 2.33. The van der Waals surface area contributed by atoms with Crippen molar-refractivity contribution in [2.75, 3.05) is 18.0 Å². The number of aliphatic carboxylic acids is 1. The van der Waals surface area contributed by atoms with Crippen molar-refractivity contribution < 1.29 is 19.1 Å². The molecule has 1 aromatic carbocycles. The van der Waals surface area contributed by atoms with E-state index in [0.717, 1.165) is 0 Å². The number of hydrogen-bond acceptors (Lipinski definition) is 3. The molecule has 0 saturated carbocycles. The van der Waals surface area contributed by atoms with E-state index in [1.165, 1.54) is 29.2 Å². The van der Waals surface area contributed by atoms with Gasteiger partial charge in [0.25, 0.3) is 0 Å². The molecular weight excluding hydrogens is 227 g/mol. The number of carboxylic acid groups (broad SMARTS) is 1. The Morgan fingerprint density at radius 1 is 1.41 bits per heavy atom. The predicted molar refractivity (Wildman–Crippen MR) is 58.2 cm³/mol. The molecule has 0 radical (unpaired) electrons. The minimum atomic E-state index is -1.09. The molecule has 6 heteroatoms. The number of carboxylic acids is 1. The number of hydrogen-bond donors (Lipinski definition) is 2. The molecular formula is C11H11FN2O3. The molecule has 1 amide bonds.